The first kappa shape index (κ1) is 13.0. The Morgan fingerprint density at radius 2 is 2.00 bits per heavy atom. The van der Waals surface area contributed by atoms with Gasteiger partial charge in [0.1, 0.15) is 0 Å². The molecule has 2 heteroatoms. The van der Waals surface area contributed by atoms with Gasteiger partial charge in [0.2, 0.25) is 0 Å². The Bertz CT molecular complexity index is 170. The molecule has 0 saturated heterocycles. The molecule has 3 unspecified atom stereocenters. The minimum atomic E-state index is 0.350. The summed E-state index contributed by atoms with van der Waals surface area (Å²) >= 11 is 0. The van der Waals surface area contributed by atoms with Crippen molar-refractivity contribution < 1.29 is 4.74 Å². The standard InChI is InChI=1S/C13H27NO/c1-10(2)14-9-12(4)15-13-7-5-6-11(3)8-13/h10-14H,5-9H2,1-4H3. The molecule has 0 aromatic carbocycles. The van der Waals surface area contributed by atoms with Crippen LogP contribution in [0.4, 0.5) is 0 Å². The molecule has 2 nitrogen and oxygen atoms in total. The Morgan fingerprint density at radius 3 is 2.60 bits per heavy atom. The van der Waals surface area contributed by atoms with Gasteiger partial charge < -0.3 is 10.1 Å². The SMILES string of the molecule is CC1CCCC(OC(C)CNC(C)C)C1. The van der Waals surface area contributed by atoms with Crippen molar-refractivity contribution in [1.82, 2.24) is 5.32 Å². The second-order valence-electron chi connectivity index (χ2n) is 5.40. The molecule has 1 rings (SSSR count). The fourth-order valence-electron chi connectivity index (χ4n) is 2.28. The fourth-order valence-corrected chi connectivity index (χ4v) is 2.28. The van der Waals surface area contributed by atoms with Crippen molar-refractivity contribution in [2.45, 2.75) is 71.6 Å². The molecule has 1 fully saturated rings. The summed E-state index contributed by atoms with van der Waals surface area (Å²) in [5, 5.41) is 3.42. The van der Waals surface area contributed by atoms with E-state index in [1.54, 1.807) is 0 Å². The maximum absolute atomic E-state index is 6.05. The molecule has 3 atom stereocenters. The van der Waals surface area contributed by atoms with Gasteiger partial charge in [-0.25, -0.2) is 0 Å². The van der Waals surface area contributed by atoms with Gasteiger partial charge in [-0.1, -0.05) is 33.6 Å². The minimum absolute atomic E-state index is 0.350. The van der Waals surface area contributed by atoms with Crippen LogP contribution in [-0.2, 0) is 4.74 Å². The number of rotatable bonds is 5. The van der Waals surface area contributed by atoms with Gasteiger partial charge in [-0.3, -0.25) is 0 Å². The highest BCUT2D eigenvalue weighted by Crippen LogP contribution is 2.26. The fraction of sp³-hybridized carbons (Fsp3) is 1.00. The Hall–Kier alpha value is -0.0800. The average Bonchev–Trinajstić information content (AvgIpc) is 2.15. The zero-order chi connectivity index (χ0) is 11.3. The Labute approximate surface area is 94.8 Å². The number of nitrogens with one attached hydrogen (secondary N) is 1. The molecule has 15 heavy (non-hydrogen) atoms. The lowest BCUT2D eigenvalue weighted by Gasteiger charge is -2.29. The second-order valence-corrected chi connectivity index (χ2v) is 5.40. The molecule has 0 bridgehead atoms. The van der Waals surface area contributed by atoms with E-state index in [1.807, 2.05) is 0 Å². The molecule has 0 amide bonds. The molecular weight excluding hydrogens is 186 g/mol. The minimum Gasteiger partial charge on any atom is -0.374 e. The van der Waals surface area contributed by atoms with E-state index in [2.05, 4.69) is 33.0 Å². The lowest BCUT2D eigenvalue weighted by atomic mass is 9.88. The number of hydrogen-bond donors (Lipinski definition) is 1. The third-order valence-electron chi connectivity index (χ3n) is 3.13. The predicted octanol–water partition coefficient (Wildman–Crippen LogP) is 2.97. The lowest BCUT2D eigenvalue weighted by Crippen LogP contribution is -2.35. The summed E-state index contributed by atoms with van der Waals surface area (Å²) in [4.78, 5) is 0. The van der Waals surface area contributed by atoms with Gasteiger partial charge in [0, 0.05) is 12.6 Å². The molecule has 1 aliphatic rings. The van der Waals surface area contributed by atoms with Crippen molar-refractivity contribution in [3.05, 3.63) is 0 Å². The van der Waals surface area contributed by atoms with Gasteiger partial charge in [-0.15, -0.1) is 0 Å². The predicted molar refractivity (Wildman–Crippen MR) is 65.1 cm³/mol. The molecule has 0 radical (unpaired) electrons. The Kier molecular flexibility index (Phi) is 5.62. The topological polar surface area (TPSA) is 21.3 Å². The molecule has 1 N–H and O–H groups in total. The van der Waals surface area contributed by atoms with Crippen LogP contribution in [0.15, 0.2) is 0 Å². The molecule has 0 aromatic rings. The van der Waals surface area contributed by atoms with Gasteiger partial charge in [0.05, 0.1) is 12.2 Å². The molecule has 0 aromatic heterocycles. The van der Waals surface area contributed by atoms with Crippen LogP contribution < -0.4 is 5.32 Å². The van der Waals surface area contributed by atoms with Crippen molar-refractivity contribution in [2.24, 2.45) is 5.92 Å². The lowest BCUT2D eigenvalue weighted by molar-refractivity contribution is -0.0298. The molecular formula is C13H27NO. The summed E-state index contributed by atoms with van der Waals surface area (Å²) in [6.07, 6.45) is 6.11. The first-order chi connectivity index (χ1) is 7.08. The maximum Gasteiger partial charge on any atom is 0.0675 e. The van der Waals surface area contributed by atoms with E-state index in [9.17, 15) is 0 Å². The summed E-state index contributed by atoms with van der Waals surface area (Å²) in [5.41, 5.74) is 0. The van der Waals surface area contributed by atoms with E-state index in [-0.39, 0.29) is 0 Å². The first-order valence-electron chi connectivity index (χ1n) is 6.46. The summed E-state index contributed by atoms with van der Waals surface area (Å²) in [5.74, 6) is 0.856. The van der Waals surface area contributed by atoms with Gasteiger partial charge in [-0.05, 0) is 25.7 Å². The largest absolute Gasteiger partial charge is 0.374 e. The van der Waals surface area contributed by atoms with E-state index in [4.69, 9.17) is 4.74 Å². The summed E-state index contributed by atoms with van der Waals surface area (Å²) in [7, 11) is 0. The normalized spacial score (nSPS) is 29.4. The van der Waals surface area contributed by atoms with E-state index >= 15 is 0 Å². The second kappa shape index (κ2) is 6.49. The molecule has 1 aliphatic carbocycles. The Morgan fingerprint density at radius 1 is 1.27 bits per heavy atom. The summed E-state index contributed by atoms with van der Waals surface area (Å²) < 4.78 is 6.05. The first-order valence-corrected chi connectivity index (χ1v) is 6.46. The van der Waals surface area contributed by atoms with Crippen LogP contribution in [0.1, 0.15) is 53.4 Å². The van der Waals surface area contributed by atoms with Gasteiger partial charge in [-0.2, -0.15) is 0 Å². The van der Waals surface area contributed by atoms with Crippen LogP contribution in [0.25, 0.3) is 0 Å². The molecule has 90 valence electrons. The molecule has 0 aliphatic heterocycles. The van der Waals surface area contributed by atoms with E-state index in [1.165, 1.54) is 25.7 Å². The van der Waals surface area contributed by atoms with E-state index in [0.717, 1.165) is 12.5 Å². The molecule has 0 heterocycles. The third kappa shape index (κ3) is 5.53. The van der Waals surface area contributed by atoms with Crippen LogP contribution in [0.5, 0.6) is 0 Å². The van der Waals surface area contributed by atoms with Gasteiger partial charge >= 0.3 is 0 Å². The monoisotopic (exact) mass is 213 g/mol. The zero-order valence-corrected chi connectivity index (χ0v) is 10.8. The highest BCUT2D eigenvalue weighted by molar-refractivity contribution is 4.72. The van der Waals surface area contributed by atoms with E-state index in [0.29, 0.717) is 18.2 Å². The highest BCUT2D eigenvalue weighted by Gasteiger charge is 2.20. The van der Waals surface area contributed by atoms with Crippen molar-refractivity contribution in [1.29, 1.82) is 0 Å². The van der Waals surface area contributed by atoms with Crippen molar-refractivity contribution in [3.63, 3.8) is 0 Å². The maximum atomic E-state index is 6.05. The van der Waals surface area contributed by atoms with Gasteiger partial charge in [0.25, 0.3) is 0 Å². The average molecular weight is 213 g/mol. The van der Waals surface area contributed by atoms with Crippen LogP contribution in [0, 0.1) is 5.92 Å². The summed E-state index contributed by atoms with van der Waals surface area (Å²) in [6.45, 7) is 9.84. The van der Waals surface area contributed by atoms with Crippen molar-refractivity contribution in [2.75, 3.05) is 6.54 Å². The number of ether oxygens (including phenoxy) is 1. The van der Waals surface area contributed by atoms with E-state index < -0.39 is 0 Å². The summed E-state index contributed by atoms with van der Waals surface area (Å²) in [6, 6.07) is 0.557. The highest BCUT2D eigenvalue weighted by atomic mass is 16.5. The van der Waals surface area contributed by atoms with Gasteiger partial charge in [0.15, 0.2) is 0 Å². The van der Waals surface area contributed by atoms with Crippen molar-refractivity contribution in [3.8, 4) is 0 Å². The Balaban J connectivity index is 2.16. The third-order valence-corrected chi connectivity index (χ3v) is 3.13. The van der Waals surface area contributed by atoms with Crippen LogP contribution in [-0.4, -0.2) is 24.8 Å². The zero-order valence-electron chi connectivity index (χ0n) is 10.8. The molecule has 0 spiro atoms. The van der Waals surface area contributed by atoms with Crippen LogP contribution >= 0.6 is 0 Å². The quantitative estimate of drug-likeness (QED) is 0.758. The van der Waals surface area contributed by atoms with Crippen LogP contribution in [0.2, 0.25) is 0 Å². The van der Waals surface area contributed by atoms with Crippen molar-refractivity contribution >= 4 is 0 Å². The van der Waals surface area contributed by atoms with Crippen LogP contribution in [0.3, 0.4) is 0 Å². The number of hydrogen-bond acceptors (Lipinski definition) is 2. The molecule has 1 saturated carbocycles. The smallest absolute Gasteiger partial charge is 0.0675 e.